The van der Waals surface area contributed by atoms with Crippen LogP contribution in [0.4, 0.5) is 0 Å². The fourth-order valence-electron chi connectivity index (χ4n) is 5.04. The van der Waals surface area contributed by atoms with Crippen LogP contribution in [-0.4, -0.2) is 65.9 Å². The largest absolute Gasteiger partial charge is 0.493 e. The number of amides is 1. The number of rotatable bonds is 6. The van der Waals surface area contributed by atoms with Crippen molar-refractivity contribution in [2.45, 2.75) is 39.3 Å². The van der Waals surface area contributed by atoms with Gasteiger partial charge in [-0.2, -0.15) is 5.10 Å². The van der Waals surface area contributed by atoms with Crippen LogP contribution in [0.25, 0.3) is 0 Å². The number of benzene rings is 1. The number of hydrogen-bond donors (Lipinski definition) is 0. The van der Waals surface area contributed by atoms with E-state index >= 15 is 0 Å². The van der Waals surface area contributed by atoms with Gasteiger partial charge in [0.1, 0.15) is 6.54 Å². The summed E-state index contributed by atoms with van der Waals surface area (Å²) in [6.07, 6.45) is 5.29. The highest BCUT2D eigenvalue weighted by molar-refractivity contribution is 5.76. The number of likely N-dealkylation sites (tertiary alicyclic amines) is 2. The maximum Gasteiger partial charge on any atom is 0.244 e. The topological polar surface area (TPSA) is 59.8 Å². The summed E-state index contributed by atoms with van der Waals surface area (Å²) in [5.74, 6) is 1.76. The standard InChI is InChI=1S/C23H32N4O3/c1-18-8-12-27(24-18)15-21(28)26-13-10-23(17-26)9-5-11-25(16-23)14-19-6-4-7-20(29-2)22(19)30-3/h4,6-8,12H,5,9-11,13-17H2,1-3H3. The quantitative estimate of drug-likeness (QED) is 0.730. The van der Waals surface area contributed by atoms with E-state index in [1.165, 1.54) is 6.42 Å². The number of carbonyl (C=O) groups excluding carboxylic acids is 1. The van der Waals surface area contributed by atoms with Gasteiger partial charge >= 0.3 is 0 Å². The molecular formula is C23H32N4O3. The summed E-state index contributed by atoms with van der Waals surface area (Å²) < 4.78 is 12.8. The van der Waals surface area contributed by atoms with Gasteiger partial charge in [-0.05, 0) is 44.9 Å². The minimum Gasteiger partial charge on any atom is -0.493 e. The second-order valence-corrected chi connectivity index (χ2v) is 8.69. The normalized spacial score (nSPS) is 21.9. The summed E-state index contributed by atoms with van der Waals surface area (Å²) in [5.41, 5.74) is 2.28. The Morgan fingerprint density at radius 2 is 2.00 bits per heavy atom. The van der Waals surface area contributed by atoms with E-state index in [9.17, 15) is 4.79 Å². The zero-order chi connectivity index (χ0) is 21.1. The van der Waals surface area contributed by atoms with Crippen LogP contribution < -0.4 is 9.47 Å². The molecule has 7 heteroatoms. The third-order valence-corrected chi connectivity index (χ3v) is 6.48. The molecule has 7 nitrogen and oxygen atoms in total. The van der Waals surface area contributed by atoms with Crippen molar-refractivity contribution in [3.63, 3.8) is 0 Å². The van der Waals surface area contributed by atoms with Crippen LogP contribution in [0.1, 0.15) is 30.5 Å². The molecule has 2 aromatic rings. The first-order valence-corrected chi connectivity index (χ1v) is 10.7. The molecule has 2 aliphatic rings. The SMILES string of the molecule is COc1cccc(CN2CCCC3(CCN(C(=O)Cn4ccc(C)n4)C3)C2)c1OC. The molecule has 0 saturated carbocycles. The number of aryl methyl sites for hydroxylation is 1. The molecule has 0 radical (unpaired) electrons. The van der Waals surface area contributed by atoms with Crippen molar-refractivity contribution in [2.75, 3.05) is 40.4 Å². The van der Waals surface area contributed by atoms with Crippen LogP contribution in [0.5, 0.6) is 11.5 Å². The number of carbonyl (C=O) groups is 1. The smallest absolute Gasteiger partial charge is 0.244 e. The lowest BCUT2D eigenvalue weighted by Crippen LogP contribution is -2.45. The zero-order valence-corrected chi connectivity index (χ0v) is 18.3. The molecule has 2 saturated heterocycles. The number of hydrogen-bond acceptors (Lipinski definition) is 5. The minimum absolute atomic E-state index is 0.168. The summed E-state index contributed by atoms with van der Waals surface area (Å²) in [7, 11) is 3.37. The first-order valence-electron chi connectivity index (χ1n) is 10.7. The molecular weight excluding hydrogens is 380 g/mol. The number of nitrogens with zero attached hydrogens (tertiary/aromatic N) is 4. The maximum absolute atomic E-state index is 12.8. The molecule has 30 heavy (non-hydrogen) atoms. The second kappa shape index (κ2) is 8.68. The van der Waals surface area contributed by atoms with Crippen LogP contribution in [0.2, 0.25) is 0 Å². The highest BCUT2D eigenvalue weighted by Crippen LogP contribution is 2.40. The summed E-state index contributed by atoms with van der Waals surface area (Å²) in [6.45, 7) is 6.88. The average molecular weight is 413 g/mol. The van der Waals surface area contributed by atoms with Crippen molar-refractivity contribution in [1.29, 1.82) is 0 Å². The van der Waals surface area contributed by atoms with E-state index < -0.39 is 0 Å². The zero-order valence-electron chi connectivity index (χ0n) is 18.3. The van der Waals surface area contributed by atoms with Crippen molar-refractivity contribution in [1.82, 2.24) is 19.6 Å². The van der Waals surface area contributed by atoms with Gasteiger partial charge in [0.2, 0.25) is 5.91 Å². The van der Waals surface area contributed by atoms with Crippen molar-refractivity contribution in [2.24, 2.45) is 5.41 Å². The first-order chi connectivity index (χ1) is 14.5. The number of aromatic nitrogens is 2. The van der Waals surface area contributed by atoms with Crippen LogP contribution in [0, 0.1) is 12.3 Å². The Morgan fingerprint density at radius 3 is 2.73 bits per heavy atom. The van der Waals surface area contributed by atoms with E-state index in [4.69, 9.17) is 9.47 Å². The van der Waals surface area contributed by atoms with Crippen LogP contribution in [0.3, 0.4) is 0 Å². The molecule has 0 bridgehead atoms. The first kappa shape index (κ1) is 20.7. The molecule has 0 aliphatic carbocycles. The summed E-state index contributed by atoms with van der Waals surface area (Å²) in [4.78, 5) is 17.3. The Kier molecular flexibility index (Phi) is 5.99. The molecule has 3 heterocycles. The number of ether oxygens (including phenoxy) is 2. The van der Waals surface area contributed by atoms with E-state index in [0.717, 1.165) is 68.3 Å². The maximum atomic E-state index is 12.8. The average Bonchev–Trinajstić information content (AvgIpc) is 3.34. The summed E-state index contributed by atoms with van der Waals surface area (Å²) >= 11 is 0. The van der Waals surface area contributed by atoms with Gasteiger partial charge < -0.3 is 14.4 Å². The van der Waals surface area contributed by atoms with Crippen LogP contribution >= 0.6 is 0 Å². The van der Waals surface area contributed by atoms with Gasteiger partial charge in [0.05, 0.1) is 19.9 Å². The monoisotopic (exact) mass is 412 g/mol. The Morgan fingerprint density at radius 1 is 1.13 bits per heavy atom. The Balaban J connectivity index is 1.40. The van der Waals surface area contributed by atoms with Gasteiger partial charge in [-0.25, -0.2) is 0 Å². The molecule has 1 atom stereocenters. The van der Waals surface area contributed by atoms with E-state index in [1.54, 1.807) is 18.9 Å². The molecule has 1 spiro atoms. The fourth-order valence-corrected chi connectivity index (χ4v) is 5.04. The van der Waals surface area contributed by atoms with E-state index in [1.807, 2.05) is 36.2 Å². The van der Waals surface area contributed by atoms with Gasteiger partial charge in [-0.15, -0.1) is 0 Å². The van der Waals surface area contributed by atoms with E-state index in [-0.39, 0.29) is 11.3 Å². The predicted octanol–water partition coefficient (Wildman–Crippen LogP) is 2.72. The van der Waals surface area contributed by atoms with E-state index in [0.29, 0.717) is 6.54 Å². The molecule has 2 aliphatic heterocycles. The number of methoxy groups -OCH3 is 2. The second-order valence-electron chi connectivity index (χ2n) is 8.69. The molecule has 1 aromatic carbocycles. The Bertz CT molecular complexity index is 896. The van der Waals surface area contributed by atoms with Crippen LogP contribution in [0.15, 0.2) is 30.5 Å². The van der Waals surface area contributed by atoms with Gasteiger partial charge in [0, 0.05) is 43.4 Å². The molecule has 162 valence electrons. The molecule has 1 aromatic heterocycles. The van der Waals surface area contributed by atoms with Gasteiger partial charge in [-0.1, -0.05) is 12.1 Å². The summed E-state index contributed by atoms with van der Waals surface area (Å²) in [5, 5.41) is 4.35. The van der Waals surface area contributed by atoms with Crippen molar-refractivity contribution in [3.05, 3.63) is 41.7 Å². The van der Waals surface area contributed by atoms with Crippen molar-refractivity contribution >= 4 is 5.91 Å². The molecule has 1 unspecified atom stereocenters. The van der Waals surface area contributed by atoms with Crippen molar-refractivity contribution < 1.29 is 14.3 Å². The minimum atomic E-state index is 0.168. The third-order valence-electron chi connectivity index (χ3n) is 6.48. The highest BCUT2D eigenvalue weighted by atomic mass is 16.5. The van der Waals surface area contributed by atoms with Gasteiger partial charge in [0.25, 0.3) is 0 Å². The van der Waals surface area contributed by atoms with Crippen LogP contribution in [-0.2, 0) is 17.9 Å². The molecule has 1 amide bonds. The van der Waals surface area contributed by atoms with E-state index in [2.05, 4.69) is 16.1 Å². The van der Waals surface area contributed by atoms with Crippen molar-refractivity contribution in [3.8, 4) is 11.5 Å². The Labute approximate surface area is 178 Å². The lowest BCUT2D eigenvalue weighted by molar-refractivity contribution is -0.131. The fraction of sp³-hybridized carbons (Fsp3) is 0.565. The predicted molar refractivity (Wildman–Crippen MR) is 115 cm³/mol. The highest BCUT2D eigenvalue weighted by Gasteiger charge is 2.42. The molecule has 4 rings (SSSR count). The number of para-hydroxylation sites is 1. The number of piperidine rings is 1. The summed E-state index contributed by atoms with van der Waals surface area (Å²) in [6, 6.07) is 7.99. The molecule has 2 fully saturated rings. The third kappa shape index (κ3) is 4.31. The van der Waals surface area contributed by atoms with Gasteiger partial charge in [0.15, 0.2) is 11.5 Å². The lowest BCUT2D eigenvalue weighted by Gasteiger charge is -2.40. The Hall–Kier alpha value is -2.54. The molecule has 0 N–H and O–H groups in total. The van der Waals surface area contributed by atoms with Gasteiger partial charge in [-0.3, -0.25) is 14.4 Å². The lowest BCUT2D eigenvalue weighted by atomic mass is 9.79.